The Balaban J connectivity index is 1.12. The molecule has 2 aliphatic heterocycles. The molecule has 1 saturated heterocycles. The fourth-order valence-electron chi connectivity index (χ4n) is 5.07. The summed E-state index contributed by atoms with van der Waals surface area (Å²) in [7, 11) is 0. The summed E-state index contributed by atoms with van der Waals surface area (Å²) >= 11 is 0. The van der Waals surface area contributed by atoms with E-state index < -0.39 is 0 Å². The number of nitrogens with one attached hydrogen (secondary N) is 2. The normalized spacial score (nSPS) is 27.7. The van der Waals surface area contributed by atoms with Crippen LogP contribution in [-0.4, -0.2) is 30.6 Å². The quantitative estimate of drug-likeness (QED) is 0.757. The van der Waals surface area contributed by atoms with Crippen LogP contribution in [0.15, 0.2) is 48.5 Å². The molecule has 2 fully saturated rings. The van der Waals surface area contributed by atoms with E-state index in [1.54, 1.807) is 0 Å². The summed E-state index contributed by atoms with van der Waals surface area (Å²) in [4.78, 5) is 12.3. The minimum Gasteiger partial charge on any atom is -0.490 e. The van der Waals surface area contributed by atoms with Crippen molar-refractivity contribution in [2.45, 2.75) is 75.7 Å². The van der Waals surface area contributed by atoms with Gasteiger partial charge in [0.2, 0.25) is 5.91 Å². The number of ether oxygens (including phenoxy) is 2. The van der Waals surface area contributed by atoms with Crippen molar-refractivity contribution in [3.8, 4) is 11.5 Å². The molecular weight excluding hydrogens is 388 g/mol. The molecular formula is C26H32N2O3. The van der Waals surface area contributed by atoms with Crippen molar-refractivity contribution in [2.75, 3.05) is 6.54 Å². The standard InChI is InChI=1S/C26H32N2O3/c29-26(23-7-4-16-27-23)28-20-9-11-21(12-10-20)30-22-13-15-25-19(17-22)8-14-24(31-25)18-5-2-1-3-6-18/h1-3,5-6,13,15,17,20-21,23-24,27H,4,7-12,14,16H2,(H,28,29)/t20-,21-,23?,24-/m0/s1. The van der Waals surface area contributed by atoms with E-state index in [2.05, 4.69) is 47.0 Å². The molecule has 0 spiro atoms. The summed E-state index contributed by atoms with van der Waals surface area (Å²) in [6.45, 7) is 0.956. The maximum Gasteiger partial charge on any atom is 0.237 e. The second-order valence-corrected chi connectivity index (χ2v) is 9.07. The molecule has 1 saturated carbocycles. The average Bonchev–Trinajstić information content (AvgIpc) is 3.36. The van der Waals surface area contributed by atoms with Gasteiger partial charge >= 0.3 is 0 Å². The number of carbonyl (C=O) groups excluding carboxylic acids is 1. The van der Waals surface area contributed by atoms with Gasteiger partial charge in [0.05, 0.1) is 12.1 Å². The summed E-state index contributed by atoms with van der Waals surface area (Å²) in [5, 5.41) is 6.51. The van der Waals surface area contributed by atoms with Crippen LogP contribution in [0.1, 0.15) is 62.2 Å². The van der Waals surface area contributed by atoms with Gasteiger partial charge in [-0.25, -0.2) is 0 Å². The van der Waals surface area contributed by atoms with E-state index in [4.69, 9.17) is 9.47 Å². The molecule has 5 heteroatoms. The number of amides is 1. The second kappa shape index (κ2) is 9.31. The van der Waals surface area contributed by atoms with E-state index in [0.717, 1.165) is 69.4 Å². The summed E-state index contributed by atoms with van der Waals surface area (Å²) in [5.74, 6) is 2.08. The molecule has 2 N–H and O–H groups in total. The van der Waals surface area contributed by atoms with Gasteiger partial charge in [-0.3, -0.25) is 4.79 Å². The van der Waals surface area contributed by atoms with Crippen molar-refractivity contribution < 1.29 is 14.3 Å². The Morgan fingerprint density at radius 3 is 2.61 bits per heavy atom. The van der Waals surface area contributed by atoms with Crippen LogP contribution in [0.4, 0.5) is 0 Å². The zero-order chi connectivity index (χ0) is 21.0. The van der Waals surface area contributed by atoms with E-state index in [0.29, 0.717) is 0 Å². The van der Waals surface area contributed by atoms with Crippen LogP contribution < -0.4 is 20.1 Å². The Bertz CT molecular complexity index is 887. The summed E-state index contributed by atoms with van der Waals surface area (Å²) < 4.78 is 12.6. The largest absolute Gasteiger partial charge is 0.490 e. The first-order valence-electron chi connectivity index (χ1n) is 11.8. The van der Waals surface area contributed by atoms with Gasteiger partial charge < -0.3 is 20.1 Å². The highest BCUT2D eigenvalue weighted by Gasteiger charge is 2.28. The zero-order valence-corrected chi connectivity index (χ0v) is 18.0. The van der Waals surface area contributed by atoms with Crippen LogP contribution >= 0.6 is 0 Å². The number of hydrogen-bond acceptors (Lipinski definition) is 4. The van der Waals surface area contributed by atoms with Gasteiger partial charge in [-0.1, -0.05) is 30.3 Å². The molecule has 3 aliphatic rings. The molecule has 1 aliphatic carbocycles. The smallest absolute Gasteiger partial charge is 0.237 e. The minimum absolute atomic E-state index is 0.00757. The molecule has 0 radical (unpaired) electrons. The fraction of sp³-hybridized carbons (Fsp3) is 0.500. The number of hydrogen-bond donors (Lipinski definition) is 2. The Morgan fingerprint density at radius 2 is 1.84 bits per heavy atom. The van der Waals surface area contributed by atoms with Crippen molar-refractivity contribution >= 4 is 5.91 Å². The van der Waals surface area contributed by atoms with Gasteiger partial charge in [0.1, 0.15) is 17.6 Å². The Labute approximate surface area is 184 Å². The van der Waals surface area contributed by atoms with Gasteiger partial charge in [-0.15, -0.1) is 0 Å². The molecule has 0 bridgehead atoms. The maximum absolute atomic E-state index is 12.3. The zero-order valence-electron chi connectivity index (χ0n) is 18.0. The molecule has 2 atom stereocenters. The highest BCUT2D eigenvalue weighted by atomic mass is 16.5. The molecule has 2 heterocycles. The molecule has 1 unspecified atom stereocenters. The number of carbonyl (C=O) groups is 1. The lowest BCUT2D eigenvalue weighted by atomic mass is 9.92. The number of benzene rings is 2. The topological polar surface area (TPSA) is 59.6 Å². The predicted molar refractivity (Wildman–Crippen MR) is 120 cm³/mol. The van der Waals surface area contributed by atoms with Crippen molar-refractivity contribution in [1.82, 2.24) is 10.6 Å². The third-order valence-electron chi connectivity index (χ3n) is 6.85. The first-order chi connectivity index (χ1) is 15.2. The molecule has 2 aromatic carbocycles. The van der Waals surface area contributed by atoms with E-state index in [1.807, 2.05) is 12.1 Å². The Hall–Kier alpha value is -2.53. The molecule has 1 amide bonds. The molecule has 0 aromatic heterocycles. The van der Waals surface area contributed by atoms with Crippen LogP contribution in [-0.2, 0) is 11.2 Å². The second-order valence-electron chi connectivity index (χ2n) is 9.07. The van der Waals surface area contributed by atoms with Crippen LogP contribution in [0.5, 0.6) is 11.5 Å². The summed E-state index contributed by atoms with van der Waals surface area (Å²) in [6.07, 6.45) is 8.31. The predicted octanol–water partition coefficient (Wildman–Crippen LogP) is 4.31. The lowest BCUT2D eigenvalue weighted by Gasteiger charge is -2.31. The monoisotopic (exact) mass is 420 g/mol. The molecule has 5 rings (SSSR count). The molecule has 2 aromatic rings. The Morgan fingerprint density at radius 1 is 1.00 bits per heavy atom. The first-order valence-corrected chi connectivity index (χ1v) is 11.8. The first kappa shape index (κ1) is 20.4. The van der Waals surface area contributed by atoms with Crippen LogP contribution in [0.2, 0.25) is 0 Å². The third-order valence-corrected chi connectivity index (χ3v) is 6.85. The minimum atomic E-state index is 0.00757. The highest BCUT2D eigenvalue weighted by Crippen LogP contribution is 2.37. The van der Waals surface area contributed by atoms with Gasteiger partial charge in [-0.05, 0) is 87.2 Å². The SMILES string of the molecule is O=C(N[C@H]1CC[C@H](Oc2ccc3c(c2)CC[C@@H](c2ccccc2)O3)CC1)C1CCCN1. The maximum atomic E-state index is 12.3. The highest BCUT2D eigenvalue weighted by molar-refractivity contribution is 5.82. The molecule has 164 valence electrons. The van der Waals surface area contributed by atoms with Crippen molar-refractivity contribution in [2.24, 2.45) is 0 Å². The summed E-state index contributed by atoms with van der Waals surface area (Å²) in [6, 6.07) is 17.0. The van der Waals surface area contributed by atoms with Gasteiger partial charge in [-0.2, -0.15) is 0 Å². The van der Waals surface area contributed by atoms with Crippen molar-refractivity contribution in [3.63, 3.8) is 0 Å². The lowest BCUT2D eigenvalue weighted by Crippen LogP contribution is -2.47. The van der Waals surface area contributed by atoms with Gasteiger partial charge in [0.25, 0.3) is 0 Å². The number of fused-ring (bicyclic) bond motifs is 1. The van der Waals surface area contributed by atoms with Gasteiger partial charge in [0.15, 0.2) is 0 Å². The average molecular weight is 421 g/mol. The number of aryl methyl sites for hydroxylation is 1. The third kappa shape index (κ3) is 4.87. The summed E-state index contributed by atoms with van der Waals surface area (Å²) in [5.41, 5.74) is 2.47. The van der Waals surface area contributed by atoms with Crippen LogP contribution in [0.25, 0.3) is 0 Å². The van der Waals surface area contributed by atoms with Crippen molar-refractivity contribution in [1.29, 1.82) is 0 Å². The van der Waals surface area contributed by atoms with E-state index in [1.165, 1.54) is 11.1 Å². The van der Waals surface area contributed by atoms with E-state index in [-0.39, 0.29) is 30.2 Å². The van der Waals surface area contributed by atoms with Crippen molar-refractivity contribution in [3.05, 3.63) is 59.7 Å². The lowest BCUT2D eigenvalue weighted by molar-refractivity contribution is -0.123. The molecule has 31 heavy (non-hydrogen) atoms. The number of rotatable bonds is 5. The Kier molecular flexibility index (Phi) is 6.12. The van der Waals surface area contributed by atoms with E-state index >= 15 is 0 Å². The molecule has 5 nitrogen and oxygen atoms in total. The van der Waals surface area contributed by atoms with E-state index in [9.17, 15) is 4.79 Å². The van der Waals surface area contributed by atoms with Crippen LogP contribution in [0.3, 0.4) is 0 Å². The fourth-order valence-corrected chi connectivity index (χ4v) is 5.07. The van der Waals surface area contributed by atoms with Crippen LogP contribution in [0, 0.1) is 0 Å². The van der Waals surface area contributed by atoms with Gasteiger partial charge in [0, 0.05) is 6.04 Å².